The van der Waals surface area contributed by atoms with E-state index in [0.717, 1.165) is 6.42 Å². The van der Waals surface area contributed by atoms with Crippen molar-refractivity contribution in [3.8, 4) is 0 Å². The molecule has 0 aromatic heterocycles. The maximum absolute atomic E-state index is 11.8. The second-order valence-corrected chi connectivity index (χ2v) is 3.05. The molecule has 0 aliphatic carbocycles. The second kappa shape index (κ2) is 7.03. The van der Waals surface area contributed by atoms with Gasteiger partial charge in [-0.2, -0.15) is 13.2 Å². The molecule has 6 heteroatoms. The fourth-order valence-electron chi connectivity index (χ4n) is 0.893. The summed E-state index contributed by atoms with van der Waals surface area (Å²) in [5.74, 6) is 0. The highest BCUT2D eigenvalue weighted by molar-refractivity contribution is 4.67. The van der Waals surface area contributed by atoms with Crippen molar-refractivity contribution in [2.24, 2.45) is 0 Å². The van der Waals surface area contributed by atoms with Crippen LogP contribution in [0.3, 0.4) is 0 Å². The molecule has 0 fully saturated rings. The smallest absolute Gasteiger partial charge is 0.396 e. The fraction of sp³-hybridized carbons (Fsp3) is 1.00. The molecule has 86 valence electrons. The van der Waals surface area contributed by atoms with E-state index in [0.29, 0.717) is 19.4 Å². The molecule has 0 heterocycles. The summed E-state index contributed by atoms with van der Waals surface area (Å²) >= 11 is 0. The minimum atomic E-state index is -4.54. The molecule has 3 nitrogen and oxygen atoms in total. The number of nitrogens with one attached hydrogen (secondary N) is 1. The minimum Gasteiger partial charge on any atom is -0.396 e. The summed E-state index contributed by atoms with van der Waals surface area (Å²) in [5.41, 5.74) is 0. The van der Waals surface area contributed by atoms with Gasteiger partial charge < -0.3 is 15.5 Å². The third kappa shape index (κ3) is 7.11. The molecule has 0 bridgehead atoms. The summed E-state index contributed by atoms with van der Waals surface area (Å²) in [4.78, 5) is 0. The number of halogens is 3. The molecule has 0 rings (SSSR count). The molecule has 3 N–H and O–H groups in total. The molecule has 0 radical (unpaired) electrons. The number of aliphatic hydroxyl groups is 2. The lowest BCUT2D eigenvalue weighted by Gasteiger charge is -2.14. The first-order valence-corrected chi connectivity index (χ1v) is 4.55. The van der Waals surface area contributed by atoms with Crippen LogP contribution in [0.15, 0.2) is 0 Å². The highest BCUT2D eigenvalue weighted by atomic mass is 19.4. The van der Waals surface area contributed by atoms with Crippen molar-refractivity contribution in [1.29, 1.82) is 0 Å². The van der Waals surface area contributed by atoms with Gasteiger partial charge in [0, 0.05) is 13.2 Å². The van der Waals surface area contributed by atoms with Gasteiger partial charge in [-0.25, -0.2) is 0 Å². The van der Waals surface area contributed by atoms with Gasteiger partial charge in [0.25, 0.3) is 0 Å². The van der Waals surface area contributed by atoms with Crippen LogP contribution in [0, 0.1) is 0 Å². The lowest BCUT2D eigenvalue weighted by Crippen LogP contribution is -2.38. The van der Waals surface area contributed by atoms with Crippen LogP contribution in [0.2, 0.25) is 0 Å². The molecule has 1 atom stereocenters. The highest BCUT2D eigenvalue weighted by Gasteiger charge is 2.37. The summed E-state index contributed by atoms with van der Waals surface area (Å²) in [5, 5.41) is 19.5. The number of aliphatic hydroxyl groups excluding tert-OH is 2. The van der Waals surface area contributed by atoms with E-state index in [1.807, 2.05) is 0 Å². The maximum atomic E-state index is 11.8. The van der Waals surface area contributed by atoms with Crippen LogP contribution in [0.1, 0.15) is 19.3 Å². The molecule has 0 aromatic carbocycles. The Labute approximate surface area is 80.9 Å². The molecule has 0 aliphatic heterocycles. The van der Waals surface area contributed by atoms with Crippen LogP contribution >= 0.6 is 0 Å². The Kier molecular flexibility index (Phi) is 6.86. The van der Waals surface area contributed by atoms with Crippen LogP contribution in [-0.4, -0.2) is 42.2 Å². The first-order chi connectivity index (χ1) is 6.48. The predicted molar refractivity (Wildman–Crippen MR) is 45.9 cm³/mol. The number of unbranched alkanes of at least 4 members (excludes halogenated alkanes) is 2. The van der Waals surface area contributed by atoms with Gasteiger partial charge in [0.2, 0.25) is 0 Å². The molecular weight excluding hydrogens is 199 g/mol. The molecule has 0 aromatic rings. The Bertz CT molecular complexity index is 141. The van der Waals surface area contributed by atoms with Crippen LogP contribution in [0.4, 0.5) is 13.2 Å². The van der Waals surface area contributed by atoms with Crippen LogP contribution in [0.5, 0.6) is 0 Å². The van der Waals surface area contributed by atoms with E-state index in [1.54, 1.807) is 0 Å². The van der Waals surface area contributed by atoms with Crippen molar-refractivity contribution in [3.05, 3.63) is 0 Å². The van der Waals surface area contributed by atoms with Crippen molar-refractivity contribution in [2.45, 2.75) is 31.5 Å². The van der Waals surface area contributed by atoms with Crippen molar-refractivity contribution in [3.63, 3.8) is 0 Å². The molecule has 14 heavy (non-hydrogen) atoms. The average Bonchev–Trinajstić information content (AvgIpc) is 2.09. The van der Waals surface area contributed by atoms with Crippen molar-refractivity contribution in [1.82, 2.24) is 5.32 Å². The zero-order valence-electron chi connectivity index (χ0n) is 7.85. The zero-order chi connectivity index (χ0) is 11.0. The van der Waals surface area contributed by atoms with E-state index in [1.165, 1.54) is 0 Å². The summed E-state index contributed by atoms with van der Waals surface area (Å²) in [6.45, 7) is 0.0565. The minimum absolute atomic E-state index is 0.102. The molecular formula is C8H16F3NO2. The van der Waals surface area contributed by atoms with E-state index >= 15 is 0 Å². The van der Waals surface area contributed by atoms with Crippen molar-refractivity contribution < 1.29 is 23.4 Å². The van der Waals surface area contributed by atoms with Crippen molar-refractivity contribution >= 4 is 0 Å². The summed E-state index contributed by atoms with van der Waals surface area (Å²) in [6.07, 6.45) is -4.71. The second-order valence-electron chi connectivity index (χ2n) is 3.05. The van der Waals surface area contributed by atoms with Gasteiger partial charge in [0.1, 0.15) is 0 Å². The van der Waals surface area contributed by atoms with Crippen LogP contribution in [0.25, 0.3) is 0 Å². The molecule has 0 saturated carbocycles. The van der Waals surface area contributed by atoms with Crippen molar-refractivity contribution in [2.75, 3.05) is 19.7 Å². The average molecular weight is 215 g/mol. The van der Waals surface area contributed by atoms with Crippen LogP contribution in [-0.2, 0) is 0 Å². The normalized spacial score (nSPS) is 14.4. The summed E-state index contributed by atoms with van der Waals surface area (Å²) < 4.78 is 35.3. The third-order valence-corrected chi connectivity index (χ3v) is 1.73. The first-order valence-electron chi connectivity index (χ1n) is 4.55. The molecule has 0 saturated heterocycles. The number of hydrogen-bond acceptors (Lipinski definition) is 3. The Morgan fingerprint density at radius 2 is 1.79 bits per heavy atom. The third-order valence-electron chi connectivity index (χ3n) is 1.73. The predicted octanol–water partition coefficient (Wildman–Crippen LogP) is 0.662. The Balaban J connectivity index is 3.28. The van der Waals surface area contributed by atoms with E-state index in [-0.39, 0.29) is 6.61 Å². The Hall–Kier alpha value is -0.330. The number of rotatable bonds is 7. The standard InChI is InChI=1S/C8H16F3NO2/c9-8(10,11)7(14)6-12-4-2-1-3-5-13/h7,12-14H,1-6H2. The highest BCUT2D eigenvalue weighted by Crippen LogP contribution is 2.19. The molecule has 0 spiro atoms. The Morgan fingerprint density at radius 3 is 2.29 bits per heavy atom. The lowest BCUT2D eigenvalue weighted by molar-refractivity contribution is -0.201. The molecule has 1 unspecified atom stereocenters. The number of hydrogen-bond donors (Lipinski definition) is 3. The lowest BCUT2D eigenvalue weighted by atomic mass is 10.2. The molecule has 0 amide bonds. The largest absolute Gasteiger partial charge is 0.415 e. The maximum Gasteiger partial charge on any atom is 0.415 e. The fourth-order valence-corrected chi connectivity index (χ4v) is 0.893. The van der Waals surface area contributed by atoms with E-state index in [4.69, 9.17) is 10.2 Å². The first kappa shape index (κ1) is 13.7. The number of alkyl halides is 3. The quantitative estimate of drug-likeness (QED) is 0.547. The van der Waals surface area contributed by atoms with Gasteiger partial charge in [0.05, 0.1) is 0 Å². The van der Waals surface area contributed by atoms with Gasteiger partial charge in [-0.1, -0.05) is 0 Å². The summed E-state index contributed by atoms with van der Waals surface area (Å²) in [7, 11) is 0. The van der Waals surface area contributed by atoms with Gasteiger partial charge in [-0.15, -0.1) is 0 Å². The van der Waals surface area contributed by atoms with E-state index in [2.05, 4.69) is 5.32 Å². The summed E-state index contributed by atoms with van der Waals surface area (Å²) in [6, 6.07) is 0. The molecule has 0 aliphatic rings. The van der Waals surface area contributed by atoms with E-state index < -0.39 is 18.8 Å². The zero-order valence-corrected chi connectivity index (χ0v) is 7.85. The van der Waals surface area contributed by atoms with Crippen LogP contribution < -0.4 is 5.32 Å². The van der Waals surface area contributed by atoms with Gasteiger partial charge in [-0.3, -0.25) is 0 Å². The van der Waals surface area contributed by atoms with Gasteiger partial charge in [-0.05, 0) is 25.8 Å². The van der Waals surface area contributed by atoms with Gasteiger partial charge in [0.15, 0.2) is 6.10 Å². The SMILES string of the molecule is OCCCCCNCC(O)C(F)(F)F. The van der Waals surface area contributed by atoms with Gasteiger partial charge >= 0.3 is 6.18 Å². The monoisotopic (exact) mass is 215 g/mol. The topological polar surface area (TPSA) is 52.5 Å². The van der Waals surface area contributed by atoms with E-state index in [9.17, 15) is 13.2 Å². The Morgan fingerprint density at radius 1 is 1.14 bits per heavy atom.